The van der Waals surface area contributed by atoms with Crippen molar-refractivity contribution < 1.29 is 4.92 Å². The average molecular weight is 259 g/mol. The third-order valence-electron chi connectivity index (χ3n) is 3.36. The van der Waals surface area contributed by atoms with E-state index in [1.165, 1.54) is 6.07 Å². The number of aromatic nitrogens is 3. The molecular formula is C12H13N5O2. The van der Waals surface area contributed by atoms with Crippen LogP contribution in [0.5, 0.6) is 0 Å². The fourth-order valence-corrected chi connectivity index (χ4v) is 2.45. The van der Waals surface area contributed by atoms with Crippen molar-refractivity contribution in [3.63, 3.8) is 0 Å². The summed E-state index contributed by atoms with van der Waals surface area (Å²) in [6.45, 7) is 1.45. The highest BCUT2D eigenvalue weighted by atomic mass is 16.6. The first-order chi connectivity index (χ1) is 9.25. The second-order valence-corrected chi connectivity index (χ2v) is 4.51. The number of imidazole rings is 1. The maximum Gasteiger partial charge on any atom is 0.311 e. The summed E-state index contributed by atoms with van der Waals surface area (Å²) in [6, 6.07) is 3.07. The first-order valence-electron chi connectivity index (χ1n) is 6.09. The van der Waals surface area contributed by atoms with Gasteiger partial charge in [0.2, 0.25) is 5.82 Å². The zero-order chi connectivity index (χ0) is 13.2. The summed E-state index contributed by atoms with van der Waals surface area (Å²) in [5.74, 6) is 1.65. The number of hydrogen-bond donors (Lipinski definition) is 1. The van der Waals surface area contributed by atoms with E-state index in [-0.39, 0.29) is 16.5 Å². The van der Waals surface area contributed by atoms with Crippen molar-refractivity contribution in [3.8, 4) is 0 Å². The summed E-state index contributed by atoms with van der Waals surface area (Å²) < 4.78 is 0. The van der Waals surface area contributed by atoms with Crippen LogP contribution in [-0.2, 0) is 0 Å². The van der Waals surface area contributed by atoms with Gasteiger partial charge in [-0.25, -0.2) is 9.97 Å². The molecule has 3 rings (SSSR count). The van der Waals surface area contributed by atoms with E-state index < -0.39 is 0 Å². The van der Waals surface area contributed by atoms with Crippen LogP contribution in [-0.4, -0.2) is 33.0 Å². The molecule has 1 N–H and O–H groups in total. The Kier molecular flexibility index (Phi) is 2.86. The number of anilines is 1. The minimum atomic E-state index is -0.386. The molecule has 1 atom stereocenters. The fraction of sp³-hybridized carbons (Fsp3) is 0.333. The van der Waals surface area contributed by atoms with Gasteiger partial charge in [-0.2, -0.15) is 0 Å². The van der Waals surface area contributed by atoms with Crippen molar-refractivity contribution in [1.29, 1.82) is 0 Å². The number of aromatic amines is 1. The molecule has 0 bridgehead atoms. The van der Waals surface area contributed by atoms with Crippen molar-refractivity contribution in [2.75, 3.05) is 18.0 Å². The first-order valence-corrected chi connectivity index (χ1v) is 6.09. The van der Waals surface area contributed by atoms with Crippen LogP contribution in [0.1, 0.15) is 18.2 Å². The first kappa shape index (κ1) is 11.6. The molecule has 1 fully saturated rings. The maximum absolute atomic E-state index is 11.0. The summed E-state index contributed by atoms with van der Waals surface area (Å²) in [6.07, 6.45) is 6.02. The Morgan fingerprint density at radius 2 is 2.32 bits per heavy atom. The third kappa shape index (κ3) is 2.14. The second-order valence-electron chi connectivity index (χ2n) is 4.51. The molecule has 1 aliphatic rings. The van der Waals surface area contributed by atoms with Gasteiger partial charge in [-0.05, 0) is 12.5 Å². The zero-order valence-electron chi connectivity index (χ0n) is 10.2. The number of nitro groups is 1. The number of hydrogen-bond acceptors (Lipinski definition) is 5. The molecule has 0 amide bonds. The molecule has 0 saturated carbocycles. The predicted octanol–water partition coefficient (Wildman–Crippen LogP) is 1.71. The van der Waals surface area contributed by atoms with E-state index in [4.69, 9.17) is 0 Å². The van der Waals surface area contributed by atoms with Gasteiger partial charge in [0.05, 0.1) is 4.92 Å². The molecule has 7 heteroatoms. The Hall–Kier alpha value is -2.44. The van der Waals surface area contributed by atoms with Crippen molar-refractivity contribution in [3.05, 3.63) is 46.7 Å². The number of rotatable bonds is 3. The van der Waals surface area contributed by atoms with Crippen LogP contribution in [0, 0.1) is 10.1 Å². The maximum atomic E-state index is 11.0. The van der Waals surface area contributed by atoms with Gasteiger partial charge in [-0.1, -0.05) is 0 Å². The van der Waals surface area contributed by atoms with Crippen molar-refractivity contribution >= 4 is 11.5 Å². The molecule has 0 aromatic carbocycles. The van der Waals surface area contributed by atoms with Crippen LogP contribution in [0.2, 0.25) is 0 Å². The molecule has 0 aliphatic carbocycles. The van der Waals surface area contributed by atoms with Gasteiger partial charge in [0, 0.05) is 43.7 Å². The molecule has 3 heterocycles. The molecule has 1 aliphatic heterocycles. The number of H-pyrrole nitrogens is 1. The fourth-order valence-electron chi connectivity index (χ4n) is 2.45. The van der Waals surface area contributed by atoms with Crippen molar-refractivity contribution in [2.45, 2.75) is 12.3 Å². The van der Waals surface area contributed by atoms with Gasteiger partial charge in [0.15, 0.2) is 0 Å². The summed E-state index contributed by atoms with van der Waals surface area (Å²) in [5, 5.41) is 11.0. The third-order valence-corrected chi connectivity index (χ3v) is 3.36. The van der Waals surface area contributed by atoms with E-state index in [0.29, 0.717) is 12.4 Å². The predicted molar refractivity (Wildman–Crippen MR) is 69.1 cm³/mol. The Bertz CT molecular complexity index is 584. The molecule has 0 radical (unpaired) electrons. The molecule has 98 valence electrons. The van der Waals surface area contributed by atoms with Gasteiger partial charge in [-0.15, -0.1) is 0 Å². The molecule has 1 saturated heterocycles. The lowest BCUT2D eigenvalue weighted by Crippen LogP contribution is -2.21. The lowest BCUT2D eigenvalue weighted by Gasteiger charge is -2.16. The van der Waals surface area contributed by atoms with Crippen LogP contribution in [0.15, 0.2) is 30.7 Å². The SMILES string of the molecule is O=[N+]([O-])c1cccnc1N1CCC(c2ncc[nH]2)C1. The highest BCUT2D eigenvalue weighted by Crippen LogP contribution is 2.32. The van der Waals surface area contributed by atoms with Crippen LogP contribution >= 0.6 is 0 Å². The van der Waals surface area contributed by atoms with Crippen LogP contribution in [0.4, 0.5) is 11.5 Å². The van der Waals surface area contributed by atoms with E-state index in [9.17, 15) is 10.1 Å². The molecule has 0 spiro atoms. The van der Waals surface area contributed by atoms with Crippen LogP contribution < -0.4 is 4.90 Å². The molecule has 1 unspecified atom stereocenters. The molecule has 2 aromatic heterocycles. The molecule has 7 nitrogen and oxygen atoms in total. The topological polar surface area (TPSA) is 87.9 Å². The highest BCUT2D eigenvalue weighted by molar-refractivity contribution is 5.58. The van der Waals surface area contributed by atoms with Crippen LogP contribution in [0.25, 0.3) is 0 Å². The Labute approximate surface area is 109 Å². The quantitative estimate of drug-likeness (QED) is 0.669. The summed E-state index contributed by atoms with van der Waals surface area (Å²) in [4.78, 5) is 24.1. The summed E-state index contributed by atoms with van der Waals surface area (Å²) in [5.41, 5.74) is 0.0580. The van der Waals surface area contributed by atoms with Gasteiger partial charge >= 0.3 is 5.69 Å². The zero-order valence-corrected chi connectivity index (χ0v) is 10.2. The van der Waals surface area contributed by atoms with E-state index in [0.717, 1.165) is 18.8 Å². The average Bonchev–Trinajstić information content (AvgIpc) is 3.09. The second kappa shape index (κ2) is 4.68. The monoisotopic (exact) mass is 259 g/mol. The van der Waals surface area contributed by atoms with Gasteiger partial charge in [-0.3, -0.25) is 10.1 Å². The molecule has 2 aromatic rings. The van der Waals surface area contributed by atoms with Gasteiger partial charge in [0.25, 0.3) is 0 Å². The summed E-state index contributed by atoms with van der Waals surface area (Å²) >= 11 is 0. The normalized spacial score (nSPS) is 18.7. The van der Waals surface area contributed by atoms with Gasteiger partial charge < -0.3 is 9.88 Å². The smallest absolute Gasteiger partial charge is 0.311 e. The number of nitrogens with zero attached hydrogens (tertiary/aromatic N) is 4. The Morgan fingerprint density at radius 1 is 1.42 bits per heavy atom. The van der Waals surface area contributed by atoms with Crippen LogP contribution in [0.3, 0.4) is 0 Å². The Morgan fingerprint density at radius 3 is 3.05 bits per heavy atom. The number of nitrogens with one attached hydrogen (secondary N) is 1. The minimum Gasteiger partial charge on any atom is -0.350 e. The largest absolute Gasteiger partial charge is 0.350 e. The molecule has 19 heavy (non-hydrogen) atoms. The van der Waals surface area contributed by atoms with Gasteiger partial charge in [0.1, 0.15) is 5.82 Å². The van der Waals surface area contributed by atoms with E-state index in [2.05, 4.69) is 15.0 Å². The highest BCUT2D eigenvalue weighted by Gasteiger charge is 2.30. The standard InChI is InChI=1S/C12H13N5O2/c18-17(19)10-2-1-4-15-12(10)16-7-3-9(8-16)11-13-5-6-14-11/h1-2,4-6,9H,3,7-8H2,(H,13,14). The Balaban J connectivity index is 1.83. The molecular weight excluding hydrogens is 246 g/mol. The van der Waals surface area contributed by atoms with Crippen molar-refractivity contribution in [1.82, 2.24) is 15.0 Å². The number of pyridine rings is 1. The lowest BCUT2D eigenvalue weighted by atomic mass is 10.1. The van der Waals surface area contributed by atoms with Crippen molar-refractivity contribution in [2.24, 2.45) is 0 Å². The minimum absolute atomic E-state index is 0.0580. The van der Waals surface area contributed by atoms with E-state index in [1.54, 1.807) is 24.7 Å². The van der Waals surface area contributed by atoms with E-state index >= 15 is 0 Å². The van der Waals surface area contributed by atoms with E-state index in [1.807, 2.05) is 4.90 Å². The summed E-state index contributed by atoms with van der Waals surface area (Å²) in [7, 11) is 0. The lowest BCUT2D eigenvalue weighted by molar-refractivity contribution is -0.384.